The van der Waals surface area contributed by atoms with Crippen molar-refractivity contribution in [1.82, 2.24) is 25.0 Å². The zero-order valence-corrected chi connectivity index (χ0v) is 21.6. The lowest BCUT2D eigenvalue weighted by Gasteiger charge is -2.37. The number of pyridine rings is 1. The van der Waals surface area contributed by atoms with E-state index in [4.69, 9.17) is 4.74 Å². The third-order valence-corrected chi connectivity index (χ3v) is 7.31. The number of amides is 4. The Labute approximate surface area is 218 Å². The van der Waals surface area contributed by atoms with Crippen molar-refractivity contribution in [3.05, 3.63) is 41.4 Å². The Morgan fingerprint density at radius 2 is 1.95 bits per heavy atom. The maximum atomic E-state index is 13.5. The van der Waals surface area contributed by atoms with Gasteiger partial charge in [-0.25, -0.2) is 0 Å². The molecule has 1 unspecified atom stereocenters. The van der Waals surface area contributed by atoms with Gasteiger partial charge in [0.15, 0.2) is 0 Å². The summed E-state index contributed by atoms with van der Waals surface area (Å²) >= 11 is 0. The molecule has 1 aromatic heterocycles. The Morgan fingerprint density at radius 3 is 2.65 bits per heavy atom. The Bertz CT molecular complexity index is 1020. The van der Waals surface area contributed by atoms with E-state index in [0.29, 0.717) is 76.5 Å². The van der Waals surface area contributed by atoms with Crippen molar-refractivity contribution >= 4 is 23.6 Å². The highest BCUT2D eigenvalue weighted by Crippen LogP contribution is 2.31. The number of allylic oxidation sites excluding steroid dienone is 1. The summed E-state index contributed by atoms with van der Waals surface area (Å²) in [4.78, 5) is 61.2. The molecule has 10 nitrogen and oxygen atoms in total. The number of likely N-dealkylation sites (tertiary alicyclic amines) is 1. The molecular formula is C27H37N5O5. The Hall–Kier alpha value is -3.27. The summed E-state index contributed by atoms with van der Waals surface area (Å²) in [5, 5.41) is 2.90. The molecule has 0 radical (unpaired) electrons. The van der Waals surface area contributed by atoms with E-state index < -0.39 is 5.92 Å². The predicted octanol–water partition coefficient (Wildman–Crippen LogP) is 1.12. The molecule has 1 aromatic rings. The quantitative estimate of drug-likeness (QED) is 0.504. The van der Waals surface area contributed by atoms with Crippen molar-refractivity contribution in [3.8, 4) is 0 Å². The molecule has 4 rings (SSSR count). The minimum atomic E-state index is -0.605. The molecule has 3 aliphatic rings. The van der Waals surface area contributed by atoms with Crippen LogP contribution in [0.15, 0.2) is 35.7 Å². The van der Waals surface area contributed by atoms with Gasteiger partial charge in [0.05, 0.1) is 19.1 Å². The molecule has 0 spiro atoms. The van der Waals surface area contributed by atoms with Gasteiger partial charge in [-0.1, -0.05) is 6.07 Å². The predicted molar refractivity (Wildman–Crippen MR) is 136 cm³/mol. The van der Waals surface area contributed by atoms with E-state index in [1.54, 1.807) is 16.0 Å². The topological polar surface area (TPSA) is 112 Å². The molecule has 2 saturated heterocycles. The number of nitrogens with zero attached hydrogens (tertiary/aromatic N) is 4. The van der Waals surface area contributed by atoms with Crippen LogP contribution < -0.4 is 5.32 Å². The van der Waals surface area contributed by atoms with E-state index in [9.17, 15) is 19.2 Å². The molecule has 37 heavy (non-hydrogen) atoms. The first-order chi connectivity index (χ1) is 17.9. The van der Waals surface area contributed by atoms with Gasteiger partial charge in [-0.2, -0.15) is 0 Å². The molecule has 200 valence electrons. The number of carbonyl (C=O) groups is 4. The lowest BCUT2D eigenvalue weighted by Crippen LogP contribution is -2.47. The van der Waals surface area contributed by atoms with E-state index in [1.807, 2.05) is 30.0 Å². The largest absolute Gasteiger partial charge is 0.378 e. The average molecular weight is 512 g/mol. The number of aromatic nitrogens is 1. The Morgan fingerprint density at radius 1 is 1.14 bits per heavy atom. The molecule has 1 atom stereocenters. The number of carbonyl (C=O) groups excluding carboxylic acids is 4. The van der Waals surface area contributed by atoms with E-state index in [0.717, 1.165) is 18.7 Å². The highest BCUT2D eigenvalue weighted by Gasteiger charge is 2.37. The average Bonchev–Trinajstić information content (AvgIpc) is 3.32. The normalized spacial score (nSPS) is 20.6. The minimum Gasteiger partial charge on any atom is -0.378 e. The maximum Gasteiger partial charge on any atom is 0.251 e. The summed E-state index contributed by atoms with van der Waals surface area (Å²) in [7, 11) is 0. The van der Waals surface area contributed by atoms with Crippen molar-refractivity contribution in [1.29, 1.82) is 0 Å². The smallest absolute Gasteiger partial charge is 0.251 e. The zero-order valence-electron chi connectivity index (χ0n) is 21.6. The summed E-state index contributed by atoms with van der Waals surface area (Å²) in [5.41, 5.74) is 2.13. The van der Waals surface area contributed by atoms with E-state index in [2.05, 4.69) is 10.3 Å². The van der Waals surface area contributed by atoms with E-state index in [1.165, 1.54) is 0 Å². The van der Waals surface area contributed by atoms with Crippen LogP contribution in [0.25, 0.3) is 0 Å². The van der Waals surface area contributed by atoms with Gasteiger partial charge in [0.1, 0.15) is 0 Å². The standard InChI is InChI=1S/C27H37N5O5/c1-20-23(27(36)31-14-16-37-17-15-31)18-21(19-24(33)29-10-8-22-6-2-3-9-28-22)26(35)32(20)13-5-12-30-11-4-7-25(30)34/h2-3,6,9,21H,4-5,7-8,10-19H2,1H3,(H,29,33). The summed E-state index contributed by atoms with van der Waals surface area (Å²) in [6.07, 6.45) is 4.66. The molecule has 4 heterocycles. The van der Waals surface area contributed by atoms with Gasteiger partial charge in [0, 0.05) is 81.7 Å². The van der Waals surface area contributed by atoms with Crippen LogP contribution in [0.1, 0.15) is 44.7 Å². The monoisotopic (exact) mass is 511 g/mol. The van der Waals surface area contributed by atoms with Crippen LogP contribution in [0.2, 0.25) is 0 Å². The second-order valence-electron chi connectivity index (χ2n) is 9.82. The van der Waals surface area contributed by atoms with Crippen LogP contribution in [0.5, 0.6) is 0 Å². The molecule has 3 aliphatic heterocycles. The number of nitrogens with one attached hydrogen (secondary N) is 1. The molecule has 4 amide bonds. The summed E-state index contributed by atoms with van der Waals surface area (Å²) in [6, 6.07) is 5.65. The molecule has 10 heteroatoms. The van der Waals surface area contributed by atoms with Gasteiger partial charge in [-0.15, -0.1) is 0 Å². The van der Waals surface area contributed by atoms with Gasteiger partial charge < -0.3 is 24.8 Å². The van der Waals surface area contributed by atoms with Gasteiger partial charge in [0.2, 0.25) is 17.7 Å². The van der Waals surface area contributed by atoms with Crippen molar-refractivity contribution in [2.75, 3.05) is 52.5 Å². The van der Waals surface area contributed by atoms with Gasteiger partial charge in [-0.3, -0.25) is 24.2 Å². The molecule has 1 N–H and O–H groups in total. The van der Waals surface area contributed by atoms with Crippen molar-refractivity contribution in [2.45, 2.75) is 45.4 Å². The number of hydrogen-bond donors (Lipinski definition) is 1. The fourth-order valence-electron chi connectivity index (χ4n) is 5.20. The molecule has 0 saturated carbocycles. The number of hydrogen-bond acceptors (Lipinski definition) is 6. The third-order valence-electron chi connectivity index (χ3n) is 7.31. The first-order valence-electron chi connectivity index (χ1n) is 13.3. The second kappa shape index (κ2) is 12.8. The number of morpholine rings is 1. The second-order valence-corrected chi connectivity index (χ2v) is 9.82. The maximum absolute atomic E-state index is 13.5. The van der Waals surface area contributed by atoms with Crippen molar-refractivity contribution in [2.24, 2.45) is 5.92 Å². The van der Waals surface area contributed by atoms with Crippen LogP contribution in [-0.4, -0.2) is 95.8 Å². The van der Waals surface area contributed by atoms with Gasteiger partial charge in [-0.05, 0) is 38.3 Å². The molecule has 0 aromatic carbocycles. The van der Waals surface area contributed by atoms with Gasteiger partial charge >= 0.3 is 0 Å². The summed E-state index contributed by atoms with van der Waals surface area (Å²) in [6.45, 7) is 6.00. The van der Waals surface area contributed by atoms with Crippen LogP contribution in [0, 0.1) is 5.92 Å². The SMILES string of the molecule is CC1=C(C(=O)N2CCOCC2)CC(CC(=O)NCCc2ccccn2)C(=O)N1CCCN1CCCC1=O. The first kappa shape index (κ1) is 26.8. The number of ether oxygens (including phenoxy) is 1. The summed E-state index contributed by atoms with van der Waals surface area (Å²) in [5.74, 6) is -0.889. The Balaban J connectivity index is 1.41. The Kier molecular flexibility index (Phi) is 9.27. The lowest BCUT2D eigenvalue weighted by molar-refractivity contribution is -0.139. The van der Waals surface area contributed by atoms with Crippen molar-refractivity contribution < 1.29 is 23.9 Å². The lowest BCUT2D eigenvalue weighted by atomic mass is 9.88. The van der Waals surface area contributed by atoms with Crippen LogP contribution in [0.4, 0.5) is 0 Å². The van der Waals surface area contributed by atoms with Crippen LogP contribution in [0.3, 0.4) is 0 Å². The molecule has 2 fully saturated rings. The van der Waals surface area contributed by atoms with E-state index >= 15 is 0 Å². The van der Waals surface area contributed by atoms with Gasteiger partial charge in [0.25, 0.3) is 5.91 Å². The minimum absolute atomic E-state index is 0.0231. The first-order valence-corrected chi connectivity index (χ1v) is 13.3. The third kappa shape index (κ3) is 6.94. The van der Waals surface area contributed by atoms with E-state index in [-0.39, 0.29) is 36.5 Å². The van der Waals surface area contributed by atoms with Crippen LogP contribution in [-0.2, 0) is 30.3 Å². The molecule has 0 aliphatic carbocycles. The molecular weight excluding hydrogens is 474 g/mol. The zero-order chi connectivity index (χ0) is 26.2. The fraction of sp³-hybridized carbons (Fsp3) is 0.593. The van der Waals surface area contributed by atoms with Crippen molar-refractivity contribution in [3.63, 3.8) is 0 Å². The van der Waals surface area contributed by atoms with Crippen LogP contribution >= 0.6 is 0 Å². The highest BCUT2D eigenvalue weighted by atomic mass is 16.5. The molecule has 0 bridgehead atoms. The summed E-state index contributed by atoms with van der Waals surface area (Å²) < 4.78 is 5.39. The number of rotatable bonds is 10. The fourth-order valence-corrected chi connectivity index (χ4v) is 5.20. The highest BCUT2D eigenvalue weighted by molar-refractivity contribution is 5.98.